The van der Waals surface area contributed by atoms with E-state index >= 15 is 0 Å². The summed E-state index contributed by atoms with van der Waals surface area (Å²) in [5.41, 5.74) is 0. The fourth-order valence-corrected chi connectivity index (χ4v) is 5.15. The topological polar surface area (TPSA) is 26.7 Å². The first-order chi connectivity index (χ1) is 10.8. The summed E-state index contributed by atoms with van der Waals surface area (Å²) < 4.78 is 0. The van der Waals surface area contributed by atoms with Crippen molar-refractivity contribution in [1.82, 2.24) is 9.80 Å². The molecule has 1 atom stereocenters. The van der Waals surface area contributed by atoms with Gasteiger partial charge in [0, 0.05) is 48.6 Å². The molecule has 1 aromatic heterocycles. The van der Waals surface area contributed by atoms with Crippen LogP contribution in [0.15, 0.2) is 12.1 Å². The first-order valence-corrected chi connectivity index (χ1v) is 9.70. The minimum absolute atomic E-state index is 0.299. The van der Waals surface area contributed by atoms with Gasteiger partial charge in [0.2, 0.25) is 0 Å². The third kappa shape index (κ3) is 4.10. The number of aliphatic hydroxyl groups excluding tert-OH is 1. The normalized spacial score (nSPS) is 25.6. The number of hydrogen-bond donors (Lipinski definition) is 1. The third-order valence-corrected chi connectivity index (χ3v) is 6.63. The van der Waals surface area contributed by atoms with Gasteiger partial charge in [0.25, 0.3) is 0 Å². The lowest BCUT2D eigenvalue weighted by Gasteiger charge is -2.39. The summed E-state index contributed by atoms with van der Waals surface area (Å²) in [5, 5.41) is 9.22. The number of nitrogens with zero attached hydrogens (tertiary/aromatic N) is 2. The van der Waals surface area contributed by atoms with Gasteiger partial charge < -0.3 is 10.0 Å². The van der Waals surface area contributed by atoms with Gasteiger partial charge in [-0.15, -0.1) is 11.3 Å². The van der Waals surface area contributed by atoms with Crippen LogP contribution < -0.4 is 0 Å². The molecular weight excluding hydrogens is 292 g/mol. The molecule has 1 aliphatic carbocycles. The second kappa shape index (κ2) is 7.91. The van der Waals surface area contributed by atoms with Crippen LogP contribution >= 0.6 is 11.3 Å². The van der Waals surface area contributed by atoms with Crippen molar-refractivity contribution in [3.05, 3.63) is 21.9 Å². The van der Waals surface area contributed by atoms with Gasteiger partial charge in [-0.1, -0.05) is 19.3 Å². The van der Waals surface area contributed by atoms with E-state index in [1.54, 1.807) is 4.88 Å². The van der Waals surface area contributed by atoms with E-state index in [1.165, 1.54) is 37.0 Å². The van der Waals surface area contributed by atoms with Crippen molar-refractivity contribution >= 4 is 11.3 Å². The van der Waals surface area contributed by atoms with Gasteiger partial charge in [0.15, 0.2) is 0 Å². The molecule has 0 spiro atoms. The molecule has 2 aliphatic rings. The molecule has 124 valence electrons. The molecule has 0 bridgehead atoms. The lowest BCUT2D eigenvalue weighted by molar-refractivity contribution is 0.0749. The summed E-state index contributed by atoms with van der Waals surface area (Å²) in [5.74, 6) is 0.835. The molecule has 2 fully saturated rings. The molecule has 1 aliphatic heterocycles. The Morgan fingerprint density at radius 3 is 2.77 bits per heavy atom. The Bertz CT molecular complexity index is 456. The van der Waals surface area contributed by atoms with Crippen LogP contribution in [-0.2, 0) is 6.54 Å². The zero-order valence-corrected chi connectivity index (χ0v) is 14.7. The van der Waals surface area contributed by atoms with Crippen molar-refractivity contribution < 1.29 is 5.11 Å². The highest BCUT2D eigenvalue weighted by atomic mass is 32.1. The van der Waals surface area contributed by atoms with Crippen LogP contribution in [0, 0.1) is 0 Å². The Labute approximate surface area is 138 Å². The van der Waals surface area contributed by atoms with Gasteiger partial charge in [-0.3, -0.25) is 4.90 Å². The molecule has 0 aromatic carbocycles. The number of rotatable bonds is 5. The zero-order chi connectivity index (χ0) is 15.4. The van der Waals surface area contributed by atoms with Gasteiger partial charge in [-0.05, 0) is 44.4 Å². The van der Waals surface area contributed by atoms with Crippen molar-refractivity contribution in [3.8, 4) is 0 Å². The summed E-state index contributed by atoms with van der Waals surface area (Å²) >= 11 is 2.04. The van der Waals surface area contributed by atoms with Crippen LogP contribution in [0.4, 0.5) is 0 Å². The smallest absolute Gasteiger partial charge is 0.0446 e. The van der Waals surface area contributed by atoms with Crippen molar-refractivity contribution in [3.63, 3.8) is 0 Å². The first kappa shape index (κ1) is 16.4. The molecule has 2 heterocycles. The van der Waals surface area contributed by atoms with E-state index in [0.717, 1.165) is 38.5 Å². The largest absolute Gasteiger partial charge is 0.396 e. The molecule has 3 rings (SSSR count). The summed E-state index contributed by atoms with van der Waals surface area (Å²) in [7, 11) is 2.18. The Balaban J connectivity index is 1.55. The molecule has 1 N–H and O–H groups in total. The van der Waals surface area contributed by atoms with Gasteiger partial charge in [-0.25, -0.2) is 0 Å². The SMILES string of the molecule is CN1CCN(Cc2ccc(C3CCCCC3)s2)C[C@H]1CCO. The van der Waals surface area contributed by atoms with Crippen LogP contribution in [0.3, 0.4) is 0 Å². The Hall–Kier alpha value is -0.420. The number of thiophene rings is 1. The van der Waals surface area contributed by atoms with Crippen LogP contribution in [0.5, 0.6) is 0 Å². The van der Waals surface area contributed by atoms with Crippen LogP contribution in [-0.4, -0.2) is 54.2 Å². The molecule has 3 nitrogen and oxygen atoms in total. The molecule has 0 unspecified atom stereocenters. The second-order valence-electron chi connectivity index (χ2n) is 7.02. The van der Waals surface area contributed by atoms with E-state index in [0.29, 0.717) is 12.6 Å². The van der Waals surface area contributed by atoms with Gasteiger partial charge in [0.05, 0.1) is 0 Å². The van der Waals surface area contributed by atoms with E-state index in [2.05, 4.69) is 29.0 Å². The fraction of sp³-hybridized carbons (Fsp3) is 0.778. The average Bonchev–Trinajstić information content (AvgIpc) is 3.00. The Kier molecular flexibility index (Phi) is 5.91. The fourth-order valence-electron chi connectivity index (χ4n) is 3.92. The lowest BCUT2D eigenvalue weighted by atomic mass is 9.88. The van der Waals surface area contributed by atoms with Crippen LogP contribution in [0.25, 0.3) is 0 Å². The summed E-state index contributed by atoms with van der Waals surface area (Å²) in [4.78, 5) is 8.11. The molecule has 4 heteroatoms. The molecule has 1 saturated heterocycles. The van der Waals surface area contributed by atoms with E-state index in [4.69, 9.17) is 0 Å². The number of likely N-dealkylation sites (N-methyl/N-ethyl adjacent to an activating group) is 1. The van der Waals surface area contributed by atoms with Crippen LogP contribution in [0.1, 0.15) is 54.2 Å². The predicted molar refractivity (Wildman–Crippen MR) is 93.5 cm³/mol. The van der Waals surface area contributed by atoms with E-state index in [9.17, 15) is 5.11 Å². The average molecular weight is 323 g/mol. The third-order valence-electron chi connectivity index (χ3n) is 5.39. The molecule has 0 radical (unpaired) electrons. The first-order valence-electron chi connectivity index (χ1n) is 8.88. The quantitative estimate of drug-likeness (QED) is 0.901. The molecule has 1 aromatic rings. The Morgan fingerprint density at radius 1 is 1.18 bits per heavy atom. The van der Waals surface area contributed by atoms with Crippen molar-refractivity contribution in [2.24, 2.45) is 0 Å². The second-order valence-corrected chi connectivity index (χ2v) is 8.22. The number of hydrogen-bond acceptors (Lipinski definition) is 4. The number of piperazine rings is 1. The zero-order valence-electron chi connectivity index (χ0n) is 13.8. The minimum Gasteiger partial charge on any atom is -0.396 e. The molecule has 1 saturated carbocycles. The van der Waals surface area contributed by atoms with E-state index in [-0.39, 0.29) is 0 Å². The van der Waals surface area contributed by atoms with Gasteiger partial charge in [0.1, 0.15) is 0 Å². The highest BCUT2D eigenvalue weighted by molar-refractivity contribution is 7.12. The van der Waals surface area contributed by atoms with Crippen LogP contribution in [0.2, 0.25) is 0 Å². The van der Waals surface area contributed by atoms with Gasteiger partial charge >= 0.3 is 0 Å². The highest BCUT2D eigenvalue weighted by Gasteiger charge is 2.24. The maximum atomic E-state index is 9.22. The standard InChI is InChI=1S/C18H30N2OS/c1-19-10-11-20(13-16(19)9-12-21)14-17-7-8-18(22-17)15-5-3-2-4-6-15/h7-8,15-16,21H,2-6,9-14H2,1H3/t16-/m1/s1. The Morgan fingerprint density at radius 2 is 2.00 bits per heavy atom. The maximum absolute atomic E-state index is 9.22. The lowest BCUT2D eigenvalue weighted by Crippen LogP contribution is -2.51. The summed E-state index contributed by atoms with van der Waals surface area (Å²) in [6.45, 7) is 4.75. The van der Waals surface area contributed by atoms with E-state index in [1.807, 2.05) is 11.3 Å². The molecule has 22 heavy (non-hydrogen) atoms. The summed E-state index contributed by atoms with van der Waals surface area (Å²) in [6, 6.07) is 5.25. The summed E-state index contributed by atoms with van der Waals surface area (Å²) in [6.07, 6.45) is 7.95. The maximum Gasteiger partial charge on any atom is 0.0446 e. The number of aliphatic hydroxyl groups is 1. The molecule has 0 amide bonds. The monoisotopic (exact) mass is 322 g/mol. The molecular formula is C18H30N2OS. The van der Waals surface area contributed by atoms with Crippen molar-refractivity contribution in [2.75, 3.05) is 33.3 Å². The van der Waals surface area contributed by atoms with Gasteiger partial charge in [-0.2, -0.15) is 0 Å². The minimum atomic E-state index is 0.299. The highest BCUT2D eigenvalue weighted by Crippen LogP contribution is 2.36. The van der Waals surface area contributed by atoms with Crippen molar-refractivity contribution in [2.45, 2.75) is 57.0 Å². The predicted octanol–water partition coefficient (Wildman–Crippen LogP) is 3.29. The van der Waals surface area contributed by atoms with Crippen molar-refractivity contribution in [1.29, 1.82) is 0 Å². The van der Waals surface area contributed by atoms with E-state index < -0.39 is 0 Å².